The summed E-state index contributed by atoms with van der Waals surface area (Å²) < 4.78 is 6.30. The number of hydrogen-bond donors (Lipinski definition) is 1. The summed E-state index contributed by atoms with van der Waals surface area (Å²) in [6, 6.07) is 3.98. The van der Waals surface area contributed by atoms with E-state index in [0.717, 1.165) is 30.6 Å². The van der Waals surface area contributed by atoms with Crippen LogP contribution in [-0.4, -0.2) is 19.8 Å². The summed E-state index contributed by atoms with van der Waals surface area (Å²) in [6.45, 7) is 7.69. The normalized spacial score (nSPS) is 11.2. The first-order valence-electron chi connectivity index (χ1n) is 5.21. The van der Waals surface area contributed by atoms with Crippen LogP contribution in [-0.2, 0) is 11.3 Å². The van der Waals surface area contributed by atoms with Gasteiger partial charge in [0.2, 0.25) is 0 Å². The monoisotopic (exact) mass is 247 g/mol. The molecule has 4 heteroatoms. The van der Waals surface area contributed by atoms with Gasteiger partial charge in [0.05, 0.1) is 10.9 Å². The maximum atomic E-state index is 5.82. The molecule has 0 aliphatic carbocycles. The van der Waals surface area contributed by atoms with Gasteiger partial charge < -0.3 is 10.1 Å². The summed E-state index contributed by atoms with van der Waals surface area (Å²) in [6.07, 6.45) is 0. The van der Waals surface area contributed by atoms with Gasteiger partial charge in [-0.25, -0.2) is 0 Å². The quantitative estimate of drug-likeness (QED) is 0.748. The summed E-state index contributed by atoms with van der Waals surface area (Å²) in [5, 5.41) is 3.32. The molecule has 0 unspecified atom stereocenters. The number of hydrogen-bond acceptors (Lipinski definition) is 3. The molecule has 0 aromatic carbocycles. The standard InChI is InChI=1S/C11H18ClNOS/c1-9(2)8-14-6-5-13-7-10-3-4-11(12)15-10/h3-4,9,13H,5-8H2,1-2H3. The van der Waals surface area contributed by atoms with E-state index >= 15 is 0 Å². The van der Waals surface area contributed by atoms with E-state index < -0.39 is 0 Å². The van der Waals surface area contributed by atoms with Gasteiger partial charge in [-0.3, -0.25) is 0 Å². The molecule has 1 heterocycles. The highest BCUT2D eigenvalue weighted by molar-refractivity contribution is 7.16. The van der Waals surface area contributed by atoms with Crippen LogP contribution < -0.4 is 5.32 Å². The van der Waals surface area contributed by atoms with Crippen molar-refractivity contribution >= 4 is 22.9 Å². The molecule has 15 heavy (non-hydrogen) atoms. The van der Waals surface area contributed by atoms with Crippen LogP contribution >= 0.6 is 22.9 Å². The number of halogens is 1. The lowest BCUT2D eigenvalue weighted by atomic mass is 10.2. The molecular formula is C11H18ClNOS. The van der Waals surface area contributed by atoms with Crippen molar-refractivity contribution in [2.75, 3.05) is 19.8 Å². The first kappa shape index (κ1) is 13.0. The molecule has 0 amide bonds. The molecule has 0 saturated heterocycles. The zero-order valence-electron chi connectivity index (χ0n) is 9.25. The lowest BCUT2D eigenvalue weighted by molar-refractivity contribution is 0.111. The van der Waals surface area contributed by atoms with Crippen molar-refractivity contribution in [3.05, 3.63) is 21.3 Å². The first-order chi connectivity index (χ1) is 7.18. The Hall–Kier alpha value is -0.0900. The Labute approximate surface area is 101 Å². The van der Waals surface area contributed by atoms with E-state index in [1.165, 1.54) is 4.88 Å². The fourth-order valence-electron chi connectivity index (χ4n) is 1.12. The van der Waals surface area contributed by atoms with Crippen LogP contribution in [0.3, 0.4) is 0 Å². The van der Waals surface area contributed by atoms with Crippen LogP contribution in [0, 0.1) is 5.92 Å². The average Bonchev–Trinajstić information content (AvgIpc) is 2.57. The van der Waals surface area contributed by atoms with Crippen LogP contribution in [0.4, 0.5) is 0 Å². The highest BCUT2D eigenvalue weighted by Crippen LogP contribution is 2.20. The zero-order chi connectivity index (χ0) is 11.1. The molecule has 2 nitrogen and oxygen atoms in total. The topological polar surface area (TPSA) is 21.3 Å². The van der Waals surface area contributed by atoms with Gasteiger partial charge in [0.15, 0.2) is 0 Å². The highest BCUT2D eigenvalue weighted by Gasteiger charge is 1.97. The molecule has 1 aromatic heterocycles. The Morgan fingerprint density at radius 2 is 2.27 bits per heavy atom. The van der Waals surface area contributed by atoms with Gasteiger partial charge in [-0.15, -0.1) is 11.3 Å². The van der Waals surface area contributed by atoms with E-state index in [2.05, 4.69) is 25.2 Å². The molecule has 0 spiro atoms. The Kier molecular flexibility index (Phi) is 6.25. The summed E-state index contributed by atoms with van der Waals surface area (Å²) in [4.78, 5) is 1.27. The Bertz CT molecular complexity index is 275. The van der Waals surface area contributed by atoms with Crippen LogP contribution in [0.5, 0.6) is 0 Å². The van der Waals surface area contributed by atoms with E-state index in [1.54, 1.807) is 11.3 Å². The van der Waals surface area contributed by atoms with Gasteiger partial charge in [-0.1, -0.05) is 25.4 Å². The van der Waals surface area contributed by atoms with Gasteiger partial charge in [0, 0.05) is 24.6 Å². The van der Waals surface area contributed by atoms with E-state index in [4.69, 9.17) is 16.3 Å². The van der Waals surface area contributed by atoms with Gasteiger partial charge in [0.1, 0.15) is 0 Å². The number of nitrogens with one attached hydrogen (secondary N) is 1. The minimum atomic E-state index is 0.612. The predicted octanol–water partition coefficient (Wildman–Crippen LogP) is 3.16. The van der Waals surface area contributed by atoms with Crippen molar-refractivity contribution in [3.63, 3.8) is 0 Å². The van der Waals surface area contributed by atoms with Crippen molar-refractivity contribution in [1.82, 2.24) is 5.32 Å². The third-order valence-electron chi connectivity index (χ3n) is 1.80. The SMILES string of the molecule is CC(C)COCCNCc1ccc(Cl)s1. The predicted molar refractivity (Wildman–Crippen MR) is 66.7 cm³/mol. The lowest BCUT2D eigenvalue weighted by Gasteiger charge is -2.07. The third-order valence-corrected chi connectivity index (χ3v) is 3.03. The molecule has 0 fully saturated rings. The second-order valence-electron chi connectivity index (χ2n) is 3.85. The molecule has 1 N–H and O–H groups in total. The first-order valence-corrected chi connectivity index (χ1v) is 6.40. The molecule has 0 saturated carbocycles. The molecule has 0 atom stereocenters. The number of ether oxygens (including phenoxy) is 1. The second-order valence-corrected chi connectivity index (χ2v) is 5.65. The van der Waals surface area contributed by atoms with Crippen LogP contribution in [0.1, 0.15) is 18.7 Å². The largest absolute Gasteiger partial charge is 0.380 e. The summed E-state index contributed by atoms with van der Waals surface area (Å²) in [7, 11) is 0. The Morgan fingerprint density at radius 1 is 1.47 bits per heavy atom. The van der Waals surface area contributed by atoms with Crippen molar-refractivity contribution in [2.45, 2.75) is 20.4 Å². The number of rotatable bonds is 7. The minimum Gasteiger partial charge on any atom is -0.380 e. The molecule has 1 rings (SSSR count). The van der Waals surface area contributed by atoms with E-state index in [9.17, 15) is 0 Å². The van der Waals surface area contributed by atoms with Gasteiger partial charge in [0.25, 0.3) is 0 Å². The van der Waals surface area contributed by atoms with Crippen LogP contribution in [0.25, 0.3) is 0 Å². The summed E-state index contributed by atoms with van der Waals surface area (Å²) in [5.41, 5.74) is 0. The van der Waals surface area contributed by atoms with Crippen molar-refractivity contribution < 1.29 is 4.74 Å². The van der Waals surface area contributed by atoms with Gasteiger partial charge in [-0.05, 0) is 18.1 Å². The second kappa shape index (κ2) is 7.23. The Balaban J connectivity index is 1.98. The average molecular weight is 248 g/mol. The molecule has 1 aromatic rings. The molecule has 0 bridgehead atoms. The van der Waals surface area contributed by atoms with Crippen molar-refractivity contribution in [2.24, 2.45) is 5.92 Å². The van der Waals surface area contributed by atoms with Crippen molar-refractivity contribution in [1.29, 1.82) is 0 Å². The maximum absolute atomic E-state index is 5.82. The molecule has 0 aliphatic heterocycles. The number of thiophene rings is 1. The van der Waals surface area contributed by atoms with E-state index in [0.29, 0.717) is 5.92 Å². The smallest absolute Gasteiger partial charge is 0.0931 e. The lowest BCUT2D eigenvalue weighted by Crippen LogP contribution is -2.19. The summed E-state index contributed by atoms with van der Waals surface area (Å²) >= 11 is 7.44. The minimum absolute atomic E-state index is 0.612. The molecule has 0 radical (unpaired) electrons. The Morgan fingerprint density at radius 3 is 2.87 bits per heavy atom. The van der Waals surface area contributed by atoms with Crippen LogP contribution in [0.2, 0.25) is 4.34 Å². The fourth-order valence-corrected chi connectivity index (χ4v) is 2.18. The maximum Gasteiger partial charge on any atom is 0.0931 e. The third kappa shape index (κ3) is 6.15. The zero-order valence-corrected chi connectivity index (χ0v) is 10.8. The van der Waals surface area contributed by atoms with Crippen LogP contribution in [0.15, 0.2) is 12.1 Å². The summed E-state index contributed by atoms with van der Waals surface area (Å²) in [5.74, 6) is 0.612. The van der Waals surface area contributed by atoms with Gasteiger partial charge >= 0.3 is 0 Å². The van der Waals surface area contributed by atoms with E-state index in [-0.39, 0.29) is 0 Å². The van der Waals surface area contributed by atoms with Gasteiger partial charge in [-0.2, -0.15) is 0 Å². The fraction of sp³-hybridized carbons (Fsp3) is 0.636. The molecule has 0 aliphatic rings. The van der Waals surface area contributed by atoms with E-state index in [1.807, 2.05) is 6.07 Å². The highest BCUT2D eigenvalue weighted by atomic mass is 35.5. The van der Waals surface area contributed by atoms with Crippen molar-refractivity contribution in [3.8, 4) is 0 Å². The molecule has 86 valence electrons. The molecular weight excluding hydrogens is 230 g/mol.